The number of imidazole rings is 1. The molecule has 0 atom stereocenters. The molecular weight excluding hydrogens is 244 g/mol. The first-order valence-corrected chi connectivity index (χ1v) is 6.03. The number of benzene rings is 1. The molecule has 5 nitrogen and oxygen atoms in total. The largest absolute Gasteiger partial charge is 0.491 e. The summed E-state index contributed by atoms with van der Waals surface area (Å²) in [7, 11) is 0. The summed E-state index contributed by atoms with van der Waals surface area (Å²) in [6.07, 6.45) is 1.76. The molecule has 0 bridgehead atoms. The summed E-state index contributed by atoms with van der Waals surface area (Å²) in [4.78, 5) is 15.2. The molecule has 2 aromatic rings. The number of carbonyl (C=O) groups is 1. The Balaban J connectivity index is 2.00. The number of rotatable bonds is 5. The van der Waals surface area contributed by atoms with Crippen molar-refractivity contribution in [2.24, 2.45) is 0 Å². The Bertz CT molecular complexity index is 590. The number of nitrogens with zero attached hydrogens (tertiary/aromatic N) is 2. The lowest BCUT2D eigenvalue weighted by Gasteiger charge is -2.10. The molecule has 0 amide bonds. The van der Waals surface area contributed by atoms with Crippen LogP contribution in [0.4, 0.5) is 0 Å². The topological polar surface area (TPSA) is 64.4 Å². The maximum atomic E-state index is 11.0. The van der Waals surface area contributed by atoms with Crippen LogP contribution >= 0.6 is 0 Å². The molecule has 0 radical (unpaired) electrons. The maximum absolute atomic E-state index is 11.0. The van der Waals surface area contributed by atoms with Crippen molar-refractivity contribution >= 4 is 5.97 Å². The van der Waals surface area contributed by atoms with Crippen LogP contribution in [0.5, 0.6) is 5.75 Å². The monoisotopic (exact) mass is 260 g/mol. The van der Waals surface area contributed by atoms with Gasteiger partial charge in [-0.2, -0.15) is 0 Å². The van der Waals surface area contributed by atoms with E-state index in [1.165, 1.54) is 6.07 Å². The van der Waals surface area contributed by atoms with Gasteiger partial charge in [-0.3, -0.25) is 0 Å². The highest BCUT2D eigenvalue weighted by Gasteiger charge is 2.10. The normalized spacial score (nSPS) is 10.4. The number of para-hydroxylation sites is 1. The van der Waals surface area contributed by atoms with Crippen LogP contribution in [0.1, 0.15) is 21.7 Å². The van der Waals surface area contributed by atoms with Crippen molar-refractivity contribution in [1.82, 2.24) is 9.55 Å². The summed E-state index contributed by atoms with van der Waals surface area (Å²) in [6, 6.07) is 6.63. The highest BCUT2D eigenvalue weighted by molar-refractivity contribution is 5.90. The van der Waals surface area contributed by atoms with Gasteiger partial charge in [0.15, 0.2) is 0 Å². The number of hydrogen-bond donors (Lipinski definition) is 1. The third kappa shape index (κ3) is 2.93. The molecule has 2 rings (SSSR count). The second-order valence-electron chi connectivity index (χ2n) is 4.26. The Morgan fingerprint density at radius 1 is 1.37 bits per heavy atom. The van der Waals surface area contributed by atoms with Gasteiger partial charge in [0.2, 0.25) is 0 Å². The van der Waals surface area contributed by atoms with Crippen LogP contribution in [-0.2, 0) is 6.54 Å². The fourth-order valence-corrected chi connectivity index (χ4v) is 1.79. The lowest BCUT2D eigenvalue weighted by atomic mass is 10.2. The van der Waals surface area contributed by atoms with Crippen LogP contribution in [0, 0.1) is 13.8 Å². The zero-order chi connectivity index (χ0) is 13.8. The van der Waals surface area contributed by atoms with Gasteiger partial charge < -0.3 is 14.4 Å². The van der Waals surface area contributed by atoms with Gasteiger partial charge in [-0.25, -0.2) is 9.78 Å². The molecule has 19 heavy (non-hydrogen) atoms. The Labute approximate surface area is 111 Å². The third-order valence-electron chi connectivity index (χ3n) is 3.05. The number of carboxylic acids is 1. The van der Waals surface area contributed by atoms with Crippen molar-refractivity contribution in [2.75, 3.05) is 6.61 Å². The summed E-state index contributed by atoms with van der Waals surface area (Å²) in [5.74, 6) is -0.588. The van der Waals surface area contributed by atoms with Crippen LogP contribution in [0.25, 0.3) is 0 Å². The van der Waals surface area contributed by atoms with Crippen molar-refractivity contribution < 1.29 is 14.6 Å². The van der Waals surface area contributed by atoms with E-state index < -0.39 is 5.97 Å². The van der Waals surface area contributed by atoms with Crippen molar-refractivity contribution in [2.45, 2.75) is 20.4 Å². The number of aromatic nitrogens is 2. The smallest absolute Gasteiger partial charge is 0.339 e. The molecule has 100 valence electrons. The number of hydrogen-bond acceptors (Lipinski definition) is 3. The van der Waals surface area contributed by atoms with Crippen molar-refractivity contribution in [3.63, 3.8) is 0 Å². The average molecular weight is 260 g/mol. The van der Waals surface area contributed by atoms with Crippen LogP contribution in [0.15, 0.2) is 30.6 Å². The SMILES string of the molecule is Cc1ncn(CCOc2ccccc2C(=O)O)c1C. The van der Waals surface area contributed by atoms with Gasteiger partial charge in [-0.1, -0.05) is 12.1 Å². The molecule has 1 aromatic heterocycles. The molecule has 0 fully saturated rings. The maximum Gasteiger partial charge on any atom is 0.339 e. The Hall–Kier alpha value is -2.30. The zero-order valence-corrected chi connectivity index (χ0v) is 11.0. The minimum absolute atomic E-state index is 0.182. The summed E-state index contributed by atoms with van der Waals surface area (Å²) < 4.78 is 7.52. The summed E-state index contributed by atoms with van der Waals surface area (Å²) in [5.41, 5.74) is 2.27. The zero-order valence-electron chi connectivity index (χ0n) is 11.0. The molecule has 0 unspecified atom stereocenters. The van der Waals surface area contributed by atoms with E-state index in [1.54, 1.807) is 24.5 Å². The molecular formula is C14H16N2O3. The van der Waals surface area contributed by atoms with E-state index in [2.05, 4.69) is 4.98 Å². The highest BCUT2D eigenvalue weighted by Crippen LogP contribution is 2.17. The van der Waals surface area contributed by atoms with E-state index >= 15 is 0 Å². The summed E-state index contributed by atoms with van der Waals surface area (Å²) in [6.45, 7) is 4.99. The second kappa shape index (κ2) is 5.56. The van der Waals surface area contributed by atoms with Crippen LogP contribution in [0.3, 0.4) is 0 Å². The van der Waals surface area contributed by atoms with Gasteiger partial charge >= 0.3 is 5.97 Å². The molecule has 0 aliphatic rings. The van der Waals surface area contributed by atoms with Crippen molar-refractivity contribution in [3.8, 4) is 5.75 Å². The minimum Gasteiger partial charge on any atom is -0.491 e. The van der Waals surface area contributed by atoms with Crippen LogP contribution in [-0.4, -0.2) is 27.2 Å². The van der Waals surface area contributed by atoms with Crippen molar-refractivity contribution in [1.29, 1.82) is 0 Å². The number of aromatic carboxylic acids is 1. The van der Waals surface area contributed by atoms with Gasteiger partial charge in [0.1, 0.15) is 17.9 Å². The van der Waals surface area contributed by atoms with E-state index in [0.29, 0.717) is 18.9 Å². The van der Waals surface area contributed by atoms with Gasteiger partial charge in [0, 0.05) is 5.69 Å². The molecule has 1 aromatic carbocycles. The molecule has 0 aliphatic heterocycles. The predicted molar refractivity (Wildman–Crippen MR) is 70.6 cm³/mol. The Morgan fingerprint density at radius 3 is 2.74 bits per heavy atom. The Morgan fingerprint density at radius 2 is 2.11 bits per heavy atom. The molecule has 0 saturated carbocycles. The molecule has 0 saturated heterocycles. The molecule has 1 heterocycles. The molecule has 5 heteroatoms. The molecule has 0 aliphatic carbocycles. The van der Waals surface area contributed by atoms with Gasteiger partial charge in [0.05, 0.1) is 18.6 Å². The van der Waals surface area contributed by atoms with Gasteiger partial charge in [0.25, 0.3) is 0 Å². The number of carboxylic acid groups (broad SMARTS) is 1. The predicted octanol–water partition coefficient (Wildman–Crippen LogP) is 2.28. The standard InChI is InChI=1S/C14H16N2O3/c1-10-11(2)16(9-15-10)7-8-19-13-6-4-3-5-12(13)14(17)18/h3-6,9H,7-8H2,1-2H3,(H,17,18). The van der Waals surface area contributed by atoms with E-state index in [-0.39, 0.29) is 5.56 Å². The minimum atomic E-state index is -0.981. The lowest BCUT2D eigenvalue weighted by Crippen LogP contribution is -2.10. The summed E-state index contributed by atoms with van der Waals surface area (Å²) >= 11 is 0. The fourth-order valence-electron chi connectivity index (χ4n) is 1.79. The van der Waals surface area contributed by atoms with Gasteiger partial charge in [-0.15, -0.1) is 0 Å². The van der Waals surface area contributed by atoms with E-state index in [9.17, 15) is 4.79 Å². The van der Waals surface area contributed by atoms with E-state index in [4.69, 9.17) is 9.84 Å². The van der Waals surface area contributed by atoms with E-state index in [0.717, 1.165) is 11.4 Å². The lowest BCUT2D eigenvalue weighted by molar-refractivity contribution is 0.0692. The fraction of sp³-hybridized carbons (Fsp3) is 0.286. The average Bonchev–Trinajstić information content (AvgIpc) is 2.71. The number of aryl methyl sites for hydroxylation is 1. The quantitative estimate of drug-likeness (QED) is 0.895. The molecule has 0 spiro atoms. The number of ether oxygens (including phenoxy) is 1. The van der Waals surface area contributed by atoms with Crippen LogP contribution < -0.4 is 4.74 Å². The first-order chi connectivity index (χ1) is 9.09. The van der Waals surface area contributed by atoms with Crippen molar-refractivity contribution in [3.05, 3.63) is 47.5 Å². The molecule has 1 N–H and O–H groups in total. The first kappa shape index (κ1) is 13.1. The third-order valence-corrected chi connectivity index (χ3v) is 3.05. The summed E-state index contributed by atoms with van der Waals surface area (Å²) in [5, 5.41) is 9.03. The second-order valence-corrected chi connectivity index (χ2v) is 4.26. The highest BCUT2D eigenvalue weighted by atomic mass is 16.5. The van der Waals surface area contributed by atoms with Gasteiger partial charge in [-0.05, 0) is 26.0 Å². The van der Waals surface area contributed by atoms with Crippen LogP contribution in [0.2, 0.25) is 0 Å². The first-order valence-electron chi connectivity index (χ1n) is 6.03. The Kier molecular flexibility index (Phi) is 3.85. The van der Waals surface area contributed by atoms with E-state index in [1.807, 2.05) is 18.4 Å².